The van der Waals surface area contributed by atoms with Gasteiger partial charge in [-0.25, -0.2) is 19.0 Å². The van der Waals surface area contributed by atoms with Gasteiger partial charge >= 0.3 is 18.2 Å². The molecule has 3 aromatic rings. The number of alkyl halides is 3. The average molecular weight is 508 g/mol. The van der Waals surface area contributed by atoms with Crippen molar-refractivity contribution in [3.05, 3.63) is 71.0 Å². The van der Waals surface area contributed by atoms with E-state index in [-0.39, 0.29) is 23.6 Å². The molecule has 0 saturated carbocycles. The quantitative estimate of drug-likeness (QED) is 0.376. The van der Waals surface area contributed by atoms with E-state index in [9.17, 15) is 27.2 Å². The van der Waals surface area contributed by atoms with E-state index < -0.39 is 40.8 Å². The van der Waals surface area contributed by atoms with Crippen LogP contribution < -0.4 is 5.62 Å². The maximum Gasteiger partial charge on any atom is 0.437 e. The summed E-state index contributed by atoms with van der Waals surface area (Å²) in [6.45, 7) is 5.08. The Morgan fingerprint density at radius 1 is 1.08 bits per heavy atom. The van der Waals surface area contributed by atoms with Crippen molar-refractivity contribution in [3.8, 4) is 11.3 Å². The second-order valence-electron chi connectivity index (χ2n) is 8.85. The van der Waals surface area contributed by atoms with Crippen molar-refractivity contribution >= 4 is 12.1 Å². The molecule has 0 spiro atoms. The highest BCUT2D eigenvalue weighted by atomic mass is 19.4. The van der Waals surface area contributed by atoms with Crippen LogP contribution in [0, 0.1) is 5.82 Å². The van der Waals surface area contributed by atoms with Gasteiger partial charge < -0.3 is 18.6 Å². The fraction of sp³-hybridized carbons (Fsp3) is 0.333. The lowest BCUT2D eigenvalue weighted by Crippen LogP contribution is -2.29. The standard InChI is InChI=1S/C24H24F4N4O4/c1-23(2,3)36-22(34)30-21-31(4)8-9-32(21)13-14-10-18(29-19(11-14)20(33)35-5)16-7-6-15(25)12-17(16)24(26,27)28/h6-12H,13H2,1-5H3/b30-21-. The van der Waals surface area contributed by atoms with Gasteiger partial charge in [0.2, 0.25) is 5.62 Å². The molecule has 0 unspecified atom stereocenters. The Bertz CT molecular complexity index is 1370. The SMILES string of the molecule is COC(=O)c1cc(Cn2ccn(C)/c2=N/C(=O)OC(C)(C)C)cc(-c2ccc(F)cc2C(F)(F)F)n1. The molecule has 0 fully saturated rings. The van der Waals surface area contributed by atoms with Crippen molar-refractivity contribution in [1.29, 1.82) is 0 Å². The third kappa shape index (κ3) is 6.37. The number of amides is 1. The molecule has 0 atom stereocenters. The number of rotatable bonds is 4. The topological polar surface area (TPSA) is 87.7 Å². The van der Waals surface area contributed by atoms with Gasteiger partial charge in [0, 0.05) is 25.0 Å². The second kappa shape index (κ2) is 9.96. The zero-order valence-electron chi connectivity index (χ0n) is 20.2. The van der Waals surface area contributed by atoms with Gasteiger partial charge in [-0.2, -0.15) is 13.2 Å². The smallest absolute Gasteiger partial charge is 0.437 e. The number of hydrogen-bond acceptors (Lipinski definition) is 5. The number of pyridine rings is 1. The normalized spacial score (nSPS) is 12.5. The van der Waals surface area contributed by atoms with Gasteiger partial charge in [0.15, 0.2) is 0 Å². The number of aryl methyl sites for hydroxylation is 1. The molecular weight excluding hydrogens is 484 g/mol. The highest BCUT2D eigenvalue weighted by Gasteiger charge is 2.34. The van der Waals surface area contributed by atoms with E-state index in [1.807, 2.05) is 0 Å². The Morgan fingerprint density at radius 3 is 2.39 bits per heavy atom. The molecule has 1 amide bonds. The van der Waals surface area contributed by atoms with E-state index in [1.165, 1.54) is 12.1 Å². The number of hydrogen-bond donors (Lipinski definition) is 0. The van der Waals surface area contributed by atoms with Crippen molar-refractivity contribution in [2.45, 2.75) is 39.1 Å². The molecule has 36 heavy (non-hydrogen) atoms. The summed E-state index contributed by atoms with van der Waals surface area (Å²) in [7, 11) is 2.75. The summed E-state index contributed by atoms with van der Waals surface area (Å²) in [6.07, 6.45) is -2.48. The molecule has 2 heterocycles. The van der Waals surface area contributed by atoms with Gasteiger partial charge in [0.05, 0.1) is 24.9 Å². The molecule has 0 aliphatic carbocycles. The summed E-state index contributed by atoms with van der Waals surface area (Å²) in [4.78, 5) is 32.5. The van der Waals surface area contributed by atoms with Crippen LogP contribution in [0.15, 0.2) is 47.7 Å². The number of methoxy groups -OCH3 is 1. The van der Waals surface area contributed by atoms with E-state index >= 15 is 0 Å². The summed E-state index contributed by atoms with van der Waals surface area (Å²) in [5.41, 5.74) is -2.32. The number of halogens is 4. The largest absolute Gasteiger partial charge is 0.464 e. The fourth-order valence-corrected chi connectivity index (χ4v) is 3.35. The van der Waals surface area contributed by atoms with Gasteiger partial charge in [0.1, 0.15) is 17.1 Å². The van der Waals surface area contributed by atoms with Crippen LogP contribution in [-0.4, -0.2) is 38.9 Å². The summed E-state index contributed by atoms with van der Waals surface area (Å²) in [5, 5.41) is 0. The maximum atomic E-state index is 13.6. The molecule has 1 aromatic carbocycles. The van der Waals surface area contributed by atoms with Crippen molar-refractivity contribution in [3.63, 3.8) is 0 Å². The summed E-state index contributed by atoms with van der Waals surface area (Å²) in [6, 6.07) is 4.88. The van der Waals surface area contributed by atoms with Crippen LogP contribution in [-0.2, 0) is 29.2 Å². The lowest BCUT2D eigenvalue weighted by Gasteiger charge is -2.17. The predicted molar refractivity (Wildman–Crippen MR) is 120 cm³/mol. The van der Waals surface area contributed by atoms with Crippen molar-refractivity contribution < 1.29 is 36.6 Å². The van der Waals surface area contributed by atoms with Crippen molar-refractivity contribution in [2.75, 3.05) is 7.11 Å². The number of ether oxygens (including phenoxy) is 2. The van der Waals surface area contributed by atoms with Gasteiger partial charge in [-0.3, -0.25) is 0 Å². The van der Waals surface area contributed by atoms with E-state index in [0.29, 0.717) is 11.6 Å². The fourth-order valence-electron chi connectivity index (χ4n) is 3.35. The Balaban J connectivity index is 2.13. The van der Waals surface area contributed by atoms with Gasteiger partial charge in [-0.15, -0.1) is 4.99 Å². The number of aromatic nitrogens is 3. The highest BCUT2D eigenvalue weighted by molar-refractivity contribution is 5.88. The van der Waals surface area contributed by atoms with Crippen molar-refractivity contribution in [2.24, 2.45) is 12.0 Å². The first-order chi connectivity index (χ1) is 16.7. The minimum Gasteiger partial charge on any atom is -0.464 e. The molecule has 0 bridgehead atoms. The van der Waals surface area contributed by atoms with E-state index in [0.717, 1.165) is 19.2 Å². The molecule has 0 aliphatic heterocycles. The number of imidazole rings is 1. The number of benzene rings is 1. The zero-order valence-corrected chi connectivity index (χ0v) is 20.2. The van der Waals surface area contributed by atoms with Crippen LogP contribution in [0.5, 0.6) is 0 Å². The molecule has 3 rings (SSSR count). The van der Waals surface area contributed by atoms with Crippen LogP contribution in [0.2, 0.25) is 0 Å². The van der Waals surface area contributed by atoms with E-state index in [2.05, 4.69) is 9.98 Å². The Kier molecular flexibility index (Phi) is 7.37. The Labute approximate surface area is 203 Å². The summed E-state index contributed by atoms with van der Waals surface area (Å²) >= 11 is 0. The third-order valence-corrected chi connectivity index (χ3v) is 4.82. The van der Waals surface area contributed by atoms with Gasteiger partial charge in [-0.1, -0.05) is 0 Å². The highest BCUT2D eigenvalue weighted by Crippen LogP contribution is 2.37. The van der Waals surface area contributed by atoms with Crippen LogP contribution >= 0.6 is 0 Å². The van der Waals surface area contributed by atoms with Crippen molar-refractivity contribution in [1.82, 2.24) is 14.1 Å². The molecule has 2 aromatic heterocycles. The van der Waals surface area contributed by atoms with E-state index in [1.54, 1.807) is 49.3 Å². The summed E-state index contributed by atoms with van der Waals surface area (Å²) in [5.74, 6) is -1.94. The van der Waals surface area contributed by atoms with Gasteiger partial charge in [0.25, 0.3) is 0 Å². The molecule has 0 radical (unpaired) electrons. The first kappa shape index (κ1) is 26.6. The monoisotopic (exact) mass is 508 g/mol. The van der Waals surface area contributed by atoms with Crippen LogP contribution in [0.3, 0.4) is 0 Å². The number of carbonyl (C=O) groups is 2. The van der Waals surface area contributed by atoms with Crippen LogP contribution in [0.1, 0.15) is 42.4 Å². The number of esters is 1. The molecule has 192 valence electrons. The molecule has 8 nitrogen and oxygen atoms in total. The Hall–Kier alpha value is -3.96. The number of nitrogens with zero attached hydrogens (tertiary/aromatic N) is 4. The Morgan fingerprint density at radius 2 is 1.78 bits per heavy atom. The minimum atomic E-state index is -4.87. The van der Waals surface area contributed by atoms with E-state index in [4.69, 9.17) is 9.47 Å². The summed E-state index contributed by atoms with van der Waals surface area (Å²) < 4.78 is 67.5. The second-order valence-corrected chi connectivity index (χ2v) is 8.85. The lowest BCUT2D eigenvalue weighted by molar-refractivity contribution is -0.137. The third-order valence-electron chi connectivity index (χ3n) is 4.82. The van der Waals surface area contributed by atoms with Crippen LogP contribution in [0.25, 0.3) is 11.3 Å². The molecule has 0 N–H and O–H groups in total. The van der Waals surface area contributed by atoms with Crippen LogP contribution in [0.4, 0.5) is 22.4 Å². The maximum absolute atomic E-state index is 13.6. The molecule has 0 saturated heterocycles. The first-order valence-corrected chi connectivity index (χ1v) is 10.6. The molecule has 12 heteroatoms. The first-order valence-electron chi connectivity index (χ1n) is 10.6. The minimum absolute atomic E-state index is 0.00450. The number of carbonyl (C=O) groups excluding carboxylic acids is 2. The molecular formula is C24H24F4N4O4. The average Bonchev–Trinajstić information content (AvgIpc) is 3.09. The zero-order chi connectivity index (χ0) is 26.8. The van der Waals surface area contributed by atoms with Gasteiger partial charge in [-0.05, 0) is 56.7 Å². The molecule has 0 aliphatic rings. The predicted octanol–water partition coefficient (Wildman–Crippen LogP) is 4.72. The lowest BCUT2D eigenvalue weighted by atomic mass is 10.0.